The van der Waals surface area contributed by atoms with Crippen molar-refractivity contribution in [3.63, 3.8) is 0 Å². The molecule has 1 saturated heterocycles. The third kappa shape index (κ3) is 4.16. The molecule has 0 spiro atoms. The zero-order chi connectivity index (χ0) is 14.4. The summed E-state index contributed by atoms with van der Waals surface area (Å²) in [5, 5.41) is 0. The van der Waals surface area contributed by atoms with Crippen molar-refractivity contribution in [3.05, 3.63) is 18.0 Å². The van der Waals surface area contributed by atoms with Gasteiger partial charge in [0.05, 0.1) is 6.61 Å². The smallest absolute Gasteiger partial charge is 0.316 e. The van der Waals surface area contributed by atoms with Gasteiger partial charge in [-0.05, 0) is 31.7 Å². The molecule has 1 aromatic heterocycles. The van der Waals surface area contributed by atoms with E-state index in [4.69, 9.17) is 10.5 Å². The number of hydrogen-bond acceptors (Lipinski definition) is 5. The summed E-state index contributed by atoms with van der Waals surface area (Å²) < 4.78 is 5.18. The summed E-state index contributed by atoms with van der Waals surface area (Å²) in [6.07, 6.45) is 6.39. The van der Waals surface area contributed by atoms with Gasteiger partial charge in [-0.25, -0.2) is 9.97 Å². The van der Waals surface area contributed by atoms with Crippen LogP contribution in [0.1, 0.15) is 31.7 Å². The van der Waals surface area contributed by atoms with Crippen LogP contribution in [0.15, 0.2) is 12.4 Å². The fraction of sp³-hybridized carbons (Fsp3) is 0.643. The first-order chi connectivity index (χ1) is 9.69. The number of nitrogens with zero attached hydrogens (tertiary/aromatic N) is 3. The quantitative estimate of drug-likeness (QED) is 0.860. The molecule has 0 saturated carbocycles. The molecular formula is C14H22N4O2. The molecular weight excluding hydrogens is 256 g/mol. The molecule has 2 N–H and O–H groups in total. The third-order valence-corrected chi connectivity index (χ3v) is 3.47. The van der Waals surface area contributed by atoms with Crippen molar-refractivity contribution in [2.24, 2.45) is 5.73 Å². The number of rotatable bonds is 5. The van der Waals surface area contributed by atoms with Crippen molar-refractivity contribution < 1.29 is 9.53 Å². The van der Waals surface area contributed by atoms with Crippen LogP contribution in [0.4, 0.5) is 0 Å². The Labute approximate surface area is 119 Å². The molecule has 1 aromatic rings. The molecule has 1 aliphatic rings. The fourth-order valence-corrected chi connectivity index (χ4v) is 2.23. The topological polar surface area (TPSA) is 81.3 Å². The fourth-order valence-electron chi connectivity index (χ4n) is 2.23. The van der Waals surface area contributed by atoms with E-state index in [0.717, 1.165) is 31.5 Å². The molecule has 1 fully saturated rings. The molecule has 2 rings (SSSR count). The van der Waals surface area contributed by atoms with E-state index in [1.54, 1.807) is 12.4 Å². The molecule has 1 aliphatic heterocycles. The van der Waals surface area contributed by atoms with Crippen LogP contribution >= 0.6 is 0 Å². The summed E-state index contributed by atoms with van der Waals surface area (Å²) in [6.45, 7) is 3.99. The van der Waals surface area contributed by atoms with E-state index in [-0.39, 0.29) is 11.9 Å². The normalized spacial score (nSPS) is 16.2. The van der Waals surface area contributed by atoms with Crippen LogP contribution in [0.2, 0.25) is 0 Å². The monoisotopic (exact) mass is 278 g/mol. The molecule has 20 heavy (non-hydrogen) atoms. The lowest BCUT2D eigenvalue weighted by Gasteiger charge is -2.30. The Morgan fingerprint density at radius 2 is 2.05 bits per heavy atom. The summed E-state index contributed by atoms with van der Waals surface area (Å²) in [5.41, 5.74) is 6.79. The Morgan fingerprint density at radius 1 is 1.40 bits per heavy atom. The Bertz CT molecular complexity index is 427. The zero-order valence-corrected chi connectivity index (χ0v) is 11.9. The number of amides is 1. The maximum absolute atomic E-state index is 12.1. The number of carbonyl (C=O) groups is 1. The van der Waals surface area contributed by atoms with Crippen LogP contribution in [-0.4, -0.2) is 46.5 Å². The van der Waals surface area contributed by atoms with E-state index in [1.165, 1.54) is 0 Å². The minimum atomic E-state index is 0.186. The number of piperidine rings is 1. The molecule has 0 atom stereocenters. The van der Waals surface area contributed by atoms with E-state index in [2.05, 4.69) is 9.97 Å². The van der Waals surface area contributed by atoms with Crippen molar-refractivity contribution in [2.45, 2.75) is 38.6 Å². The molecule has 1 amide bonds. The van der Waals surface area contributed by atoms with Gasteiger partial charge in [-0.3, -0.25) is 4.79 Å². The van der Waals surface area contributed by atoms with Crippen molar-refractivity contribution >= 4 is 5.91 Å². The van der Waals surface area contributed by atoms with Gasteiger partial charge in [0.1, 0.15) is 0 Å². The number of ether oxygens (including phenoxy) is 1. The third-order valence-electron chi connectivity index (χ3n) is 3.47. The minimum absolute atomic E-state index is 0.186. The van der Waals surface area contributed by atoms with Crippen molar-refractivity contribution in [3.8, 4) is 6.01 Å². The van der Waals surface area contributed by atoms with Gasteiger partial charge >= 0.3 is 6.01 Å². The van der Waals surface area contributed by atoms with Crippen LogP contribution in [0.5, 0.6) is 6.01 Å². The van der Waals surface area contributed by atoms with E-state index in [0.29, 0.717) is 25.5 Å². The van der Waals surface area contributed by atoms with Gasteiger partial charge in [0.2, 0.25) is 5.91 Å². The predicted molar refractivity (Wildman–Crippen MR) is 75.3 cm³/mol. The summed E-state index contributed by atoms with van der Waals surface area (Å²) in [7, 11) is 0. The van der Waals surface area contributed by atoms with Gasteiger partial charge in [-0.2, -0.15) is 0 Å². The largest absolute Gasteiger partial charge is 0.464 e. The Morgan fingerprint density at radius 3 is 2.65 bits per heavy atom. The van der Waals surface area contributed by atoms with Crippen LogP contribution in [-0.2, 0) is 11.2 Å². The van der Waals surface area contributed by atoms with Crippen molar-refractivity contribution in [1.29, 1.82) is 0 Å². The van der Waals surface area contributed by atoms with E-state index < -0.39 is 0 Å². The van der Waals surface area contributed by atoms with Gasteiger partial charge < -0.3 is 15.4 Å². The van der Waals surface area contributed by atoms with Crippen molar-refractivity contribution in [2.75, 3.05) is 19.7 Å². The maximum atomic E-state index is 12.1. The predicted octanol–water partition coefficient (Wildman–Crippen LogP) is 0.758. The standard InChI is InChI=1S/C14H22N4O2/c1-2-20-14-16-9-11(10-17-14)3-4-13(19)18-7-5-12(15)6-8-18/h9-10,12H,2-8,15H2,1H3. The highest BCUT2D eigenvalue weighted by Gasteiger charge is 2.20. The Hall–Kier alpha value is -1.69. The number of aromatic nitrogens is 2. The van der Waals surface area contributed by atoms with E-state index in [9.17, 15) is 4.79 Å². The SMILES string of the molecule is CCOc1ncc(CCC(=O)N2CCC(N)CC2)cn1. The average molecular weight is 278 g/mol. The second-order valence-corrected chi connectivity index (χ2v) is 5.03. The van der Waals surface area contributed by atoms with Crippen LogP contribution in [0.3, 0.4) is 0 Å². The summed E-state index contributed by atoms with van der Waals surface area (Å²) in [5.74, 6) is 0.186. The average Bonchev–Trinajstić information content (AvgIpc) is 2.47. The molecule has 6 heteroatoms. The second-order valence-electron chi connectivity index (χ2n) is 5.03. The molecule has 0 radical (unpaired) electrons. The highest BCUT2D eigenvalue weighted by Crippen LogP contribution is 2.11. The number of hydrogen-bond donors (Lipinski definition) is 1. The Kier molecular flexibility index (Phi) is 5.29. The first kappa shape index (κ1) is 14.7. The highest BCUT2D eigenvalue weighted by atomic mass is 16.5. The molecule has 0 aromatic carbocycles. The second kappa shape index (κ2) is 7.19. The van der Waals surface area contributed by atoms with Gasteiger partial charge in [0.15, 0.2) is 0 Å². The number of aryl methyl sites for hydroxylation is 1. The molecule has 0 aliphatic carbocycles. The number of nitrogens with two attached hydrogens (primary N) is 1. The van der Waals surface area contributed by atoms with Crippen LogP contribution in [0.25, 0.3) is 0 Å². The van der Waals surface area contributed by atoms with Crippen LogP contribution < -0.4 is 10.5 Å². The summed E-state index contributed by atoms with van der Waals surface area (Å²) >= 11 is 0. The summed E-state index contributed by atoms with van der Waals surface area (Å²) in [4.78, 5) is 22.2. The minimum Gasteiger partial charge on any atom is -0.464 e. The molecule has 0 unspecified atom stereocenters. The molecule has 6 nitrogen and oxygen atoms in total. The van der Waals surface area contributed by atoms with E-state index >= 15 is 0 Å². The number of carbonyl (C=O) groups excluding carboxylic acids is 1. The lowest BCUT2D eigenvalue weighted by Crippen LogP contribution is -2.42. The van der Waals surface area contributed by atoms with Gasteiger partial charge in [0, 0.05) is 37.9 Å². The highest BCUT2D eigenvalue weighted by molar-refractivity contribution is 5.76. The number of likely N-dealkylation sites (tertiary alicyclic amines) is 1. The zero-order valence-electron chi connectivity index (χ0n) is 11.9. The first-order valence-electron chi connectivity index (χ1n) is 7.16. The van der Waals surface area contributed by atoms with Gasteiger partial charge in [0.25, 0.3) is 0 Å². The van der Waals surface area contributed by atoms with Crippen LogP contribution in [0, 0.1) is 0 Å². The van der Waals surface area contributed by atoms with Crippen molar-refractivity contribution in [1.82, 2.24) is 14.9 Å². The summed E-state index contributed by atoms with van der Waals surface area (Å²) in [6, 6.07) is 0.631. The maximum Gasteiger partial charge on any atom is 0.316 e. The first-order valence-corrected chi connectivity index (χ1v) is 7.16. The molecule has 110 valence electrons. The lowest BCUT2D eigenvalue weighted by molar-refractivity contribution is -0.132. The lowest BCUT2D eigenvalue weighted by atomic mass is 10.1. The van der Waals surface area contributed by atoms with Gasteiger partial charge in [-0.15, -0.1) is 0 Å². The van der Waals surface area contributed by atoms with Gasteiger partial charge in [-0.1, -0.05) is 0 Å². The molecule has 2 heterocycles. The Balaban J connectivity index is 1.78. The van der Waals surface area contributed by atoms with E-state index in [1.807, 2.05) is 11.8 Å². The molecule has 0 bridgehead atoms.